The molecule has 0 atom stereocenters. The lowest BCUT2D eigenvalue weighted by Crippen LogP contribution is -2.11. The van der Waals surface area contributed by atoms with Crippen molar-refractivity contribution in [2.24, 2.45) is 5.73 Å². The molecule has 2 rings (SSSR count). The summed E-state index contributed by atoms with van der Waals surface area (Å²) in [7, 11) is 3.11. The number of rotatable bonds is 3. The Morgan fingerprint density at radius 3 is 2.47 bits per heavy atom. The first-order chi connectivity index (χ1) is 8.17. The van der Waals surface area contributed by atoms with Gasteiger partial charge in [0.15, 0.2) is 0 Å². The van der Waals surface area contributed by atoms with Gasteiger partial charge in [0.25, 0.3) is 0 Å². The lowest BCUT2D eigenvalue weighted by atomic mass is 10.1. The van der Waals surface area contributed by atoms with E-state index < -0.39 is 5.91 Å². The Labute approximate surface area is 98.2 Å². The van der Waals surface area contributed by atoms with Crippen molar-refractivity contribution >= 4 is 16.8 Å². The third-order valence-corrected chi connectivity index (χ3v) is 2.50. The minimum absolute atomic E-state index is 0.337. The predicted octanol–water partition coefficient (Wildman–Crippen LogP) is 1.35. The average molecular weight is 232 g/mol. The smallest absolute Gasteiger partial charge is 0.250 e. The second-order valence-electron chi connectivity index (χ2n) is 3.45. The van der Waals surface area contributed by atoms with Crippen LogP contribution in [0, 0.1) is 0 Å². The molecule has 17 heavy (non-hydrogen) atoms. The Morgan fingerprint density at radius 2 is 1.88 bits per heavy atom. The highest BCUT2D eigenvalue weighted by Crippen LogP contribution is 2.31. The molecule has 2 N–H and O–H groups in total. The summed E-state index contributed by atoms with van der Waals surface area (Å²) in [6.45, 7) is 0. The second kappa shape index (κ2) is 4.29. The van der Waals surface area contributed by atoms with Crippen molar-refractivity contribution in [3.63, 3.8) is 0 Å². The zero-order valence-electron chi connectivity index (χ0n) is 9.56. The molecule has 0 aliphatic heterocycles. The highest BCUT2D eigenvalue weighted by molar-refractivity contribution is 5.99. The fourth-order valence-corrected chi connectivity index (χ4v) is 1.65. The maximum absolute atomic E-state index is 11.1. The van der Waals surface area contributed by atoms with Crippen molar-refractivity contribution in [2.45, 2.75) is 0 Å². The van der Waals surface area contributed by atoms with E-state index in [4.69, 9.17) is 15.2 Å². The normalized spacial score (nSPS) is 10.2. The van der Waals surface area contributed by atoms with Crippen molar-refractivity contribution in [2.75, 3.05) is 14.2 Å². The summed E-state index contributed by atoms with van der Waals surface area (Å²) in [4.78, 5) is 15.3. The topological polar surface area (TPSA) is 74.4 Å². The fraction of sp³-hybridized carbons (Fsp3) is 0.167. The van der Waals surface area contributed by atoms with Gasteiger partial charge in [0.1, 0.15) is 17.0 Å². The van der Waals surface area contributed by atoms with Crippen LogP contribution in [-0.2, 0) is 0 Å². The lowest BCUT2D eigenvalue weighted by molar-refractivity contribution is 0.1000. The molecule has 0 bridgehead atoms. The van der Waals surface area contributed by atoms with Gasteiger partial charge in [-0.25, -0.2) is 0 Å². The van der Waals surface area contributed by atoms with Gasteiger partial charge in [-0.1, -0.05) is 0 Å². The number of nitrogens with two attached hydrogens (primary N) is 1. The first-order valence-electron chi connectivity index (χ1n) is 4.98. The maximum Gasteiger partial charge on any atom is 0.250 e. The Balaban J connectivity index is 2.77. The Morgan fingerprint density at radius 1 is 1.24 bits per heavy atom. The number of ether oxygens (including phenoxy) is 2. The number of nitrogens with zero attached hydrogens (tertiary/aromatic N) is 1. The van der Waals surface area contributed by atoms with E-state index in [1.54, 1.807) is 32.4 Å². The number of fused-ring (bicyclic) bond motifs is 1. The molecule has 1 amide bonds. The summed E-state index contributed by atoms with van der Waals surface area (Å²) in [5.41, 5.74) is 6.19. The summed E-state index contributed by atoms with van der Waals surface area (Å²) in [5.74, 6) is 0.720. The highest BCUT2D eigenvalue weighted by Gasteiger charge is 2.11. The number of methoxy groups -OCH3 is 2. The molecule has 0 aliphatic carbocycles. The molecule has 5 nitrogen and oxygen atoms in total. The molecule has 0 radical (unpaired) electrons. The second-order valence-corrected chi connectivity index (χ2v) is 3.45. The van der Waals surface area contributed by atoms with Crippen LogP contribution in [0.5, 0.6) is 11.5 Å². The zero-order valence-corrected chi connectivity index (χ0v) is 9.56. The van der Waals surface area contributed by atoms with Gasteiger partial charge in [-0.05, 0) is 18.2 Å². The average Bonchev–Trinajstić information content (AvgIpc) is 2.36. The van der Waals surface area contributed by atoms with Gasteiger partial charge < -0.3 is 15.2 Å². The Kier molecular flexibility index (Phi) is 2.82. The number of primary amides is 1. The van der Waals surface area contributed by atoms with Gasteiger partial charge >= 0.3 is 0 Å². The van der Waals surface area contributed by atoms with Crippen molar-refractivity contribution in [1.82, 2.24) is 4.98 Å². The van der Waals surface area contributed by atoms with Gasteiger partial charge in [-0.2, -0.15) is 0 Å². The summed E-state index contributed by atoms with van der Waals surface area (Å²) in [5, 5.41) is 0.697. The van der Waals surface area contributed by atoms with Gasteiger partial charge in [-0.15, -0.1) is 0 Å². The SMILES string of the molecule is COc1ccc(OC)c2ncc(C(N)=O)cc12. The van der Waals surface area contributed by atoms with E-state index >= 15 is 0 Å². The minimum Gasteiger partial charge on any atom is -0.496 e. The predicted molar refractivity (Wildman–Crippen MR) is 63.4 cm³/mol. The molecule has 1 heterocycles. The van der Waals surface area contributed by atoms with E-state index in [0.717, 1.165) is 0 Å². The lowest BCUT2D eigenvalue weighted by Gasteiger charge is -2.09. The summed E-state index contributed by atoms with van der Waals surface area (Å²) < 4.78 is 10.4. The largest absolute Gasteiger partial charge is 0.496 e. The Bertz CT molecular complexity index is 581. The van der Waals surface area contributed by atoms with E-state index in [1.807, 2.05) is 0 Å². The summed E-state index contributed by atoms with van der Waals surface area (Å²) in [6, 6.07) is 5.16. The van der Waals surface area contributed by atoms with E-state index in [1.165, 1.54) is 6.20 Å². The molecule has 0 saturated carbocycles. The number of hydrogen-bond acceptors (Lipinski definition) is 4. The van der Waals surface area contributed by atoms with Crippen LogP contribution in [0.3, 0.4) is 0 Å². The van der Waals surface area contributed by atoms with E-state index in [0.29, 0.717) is 28.0 Å². The maximum atomic E-state index is 11.1. The molecule has 0 fully saturated rings. The molecule has 5 heteroatoms. The molecular formula is C12H12N2O3. The number of benzene rings is 1. The standard InChI is InChI=1S/C12H12N2O3/c1-16-9-3-4-10(17-2)11-8(9)5-7(6-14-11)12(13)15/h3-6H,1-2H3,(H2,13,15). The van der Waals surface area contributed by atoms with Crippen LogP contribution in [0.25, 0.3) is 10.9 Å². The van der Waals surface area contributed by atoms with Crippen LogP contribution in [0.2, 0.25) is 0 Å². The first-order valence-corrected chi connectivity index (χ1v) is 4.98. The highest BCUT2D eigenvalue weighted by atomic mass is 16.5. The minimum atomic E-state index is -0.524. The molecule has 88 valence electrons. The van der Waals surface area contributed by atoms with Crippen LogP contribution >= 0.6 is 0 Å². The van der Waals surface area contributed by atoms with Gasteiger partial charge in [0, 0.05) is 11.6 Å². The third-order valence-electron chi connectivity index (χ3n) is 2.50. The van der Waals surface area contributed by atoms with Crippen molar-refractivity contribution < 1.29 is 14.3 Å². The number of aromatic nitrogens is 1. The summed E-state index contributed by atoms with van der Waals surface area (Å²) in [6.07, 6.45) is 1.42. The number of pyridine rings is 1. The van der Waals surface area contributed by atoms with Crippen molar-refractivity contribution in [1.29, 1.82) is 0 Å². The van der Waals surface area contributed by atoms with Crippen LogP contribution in [-0.4, -0.2) is 25.1 Å². The fourth-order valence-electron chi connectivity index (χ4n) is 1.65. The molecule has 0 unspecified atom stereocenters. The van der Waals surface area contributed by atoms with Crippen molar-refractivity contribution in [3.05, 3.63) is 30.0 Å². The molecule has 0 spiro atoms. The van der Waals surface area contributed by atoms with Crippen molar-refractivity contribution in [3.8, 4) is 11.5 Å². The molecular weight excluding hydrogens is 220 g/mol. The number of carbonyl (C=O) groups excluding carboxylic acids is 1. The third kappa shape index (κ3) is 1.87. The molecule has 1 aromatic carbocycles. The number of carbonyl (C=O) groups is 1. The van der Waals surface area contributed by atoms with E-state index in [2.05, 4.69) is 4.98 Å². The molecule has 0 aliphatic rings. The quantitative estimate of drug-likeness (QED) is 0.866. The number of amides is 1. The Hall–Kier alpha value is -2.30. The summed E-state index contributed by atoms with van der Waals surface area (Å²) >= 11 is 0. The van der Waals surface area contributed by atoms with E-state index in [9.17, 15) is 4.79 Å². The van der Waals surface area contributed by atoms with Gasteiger partial charge in [0.05, 0.1) is 19.8 Å². The van der Waals surface area contributed by atoms with Gasteiger partial charge in [-0.3, -0.25) is 9.78 Å². The van der Waals surface area contributed by atoms with Crippen LogP contribution in [0.15, 0.2) is 24.4 Å². The van der Waals surface area contributed by atoms with Crippen LogP contribution in [0.1, 0.15) is 10.4 Å². The monoisotopic (exact) mass is 232 g/mol. The number of hydrogen-bond donors (Lipinski definition) is 1. The molecule has 2 aromatic rings. The molecule has 0 saturated heterocycles. The first kappa shape index (κ1) is 11.2. The zero-order chi connectivity index (χ0) is 12.4. The van der Waals surface area contributed by atoms with Crippen LogP contribution < -0.4 is 15.2 Å². The van der Waals surface area contributed by atoms with E-state index in [-0.39, 0.29) is 0 Å². The van der Waals surface area contributed by atoms with Crippen LogP contribution in [0.4, 0.5) is 0 Å². The van der Waals surface area contributed by atoms with Gasteiger partial charge in [0.2, 0.25) is 5.91 Å². The molecule has 1 aromatic heterocycles.